The van der Waals surface area contributed by atoms with Crippen LogP contribution in [0.1, 0.15) is 44.6 Å². The predicted molar refractivity (Wildman–Crippen MR) is 149 cm³/mol. The first kappa shape index (κ1) is 27.0. The summed E-state index contributed by atoms with van der Waals surface area (Å²) in [5.74, 6) is -1.06. The Morgan fingerprint density at radius 1 is 0.921 bits per heavy atom. The third kappa shape index (κ3) is 4.81. The Morgan fingerprint density at radius 2 is 1.68 bits per heavy atom. The van der Waals surface area contributed by atoms with Gasteiger partial charge in [0.15, 0.2) is 0 Å². The van der Waals surface area contributed by atoms with Crippen molar-refractivity contribution in [2.45, 2.75) is 61.6 Å². The molecule has 0 aromatic heterocycles. The molecule has 8 heteroatoms. The maximum Gasteiger partial charge on any atom is 0.247 e. The first-order valence-electron chi connectivity index (χ1n) is 14.1. The number of likely N-dealkylation sites (tertiary alicyclic amines) is 1. The van der Waals surface area contributed by atoms with Crippen molar-refractivity contribution in [3.8, 4) is 0 Å². The van der Waals surface area contributed by atoms with Crippen LogP contribution in [0.25, 0.3) is 0 Å². The number of fused-ring (bicyclic) bond motifs is 2. The van der Waals surface area contributed by atoms with E-state index in [2.05, 4.69) is 25.2 Å². The summed E-state index contributed by atoms with van der Waals surface area (Å²) in [5.41, 5.74) is 1.05. The molecular weight excluding hydrogens is 498 g/mol. The Labute approximate surface area is 229 Å². The number of hydrogen-bond donors (Lipinski definition) is 1. The summed E-state index contributed by atoms with van der Waals surface area (Å²) >= 11 is 1.65. The largest absolute Gasteiger partial charge is 0.396 e. The molecule has 0 bridgehead atoms. The molecule has 5 atom stereocenters. The molecule has 5 rings (SSSR count). The number of carbonyl (C=O) groups excluding carboxylic acids is 3. The summed E-state index contributed by atoms with van der Waals surface area (Å²) in [7, 11) is 0. The van der Waals surface area contributed by atoms with Gasteiger partial charge in [-0.05, 0) is 24.8 Å². The highest BCUT2D eigenvalue weighted by molar-refractivity contribution is 8.02. The highest BCUT2D eigenvalue weighted by atomic mass is 32.2. The number of unbranched alkanes of at least 4 members (excludes halogenated alkanes) is 3. The average molecular weight is 538 g/mol. The third-order valence-corrected chi connectivity index (χ3v) is 10.1. The molecule has 4 aliphatic heterocycles. The zero-order valence-electron chi connectivity index (χ0n) is 22.2. The van der Waals surface area contributed by atoms with Gasteiger partial charge in [-0.25, -0.2) is 0 Å². The van der Waals surface area contributed by atoms with Crippen molar-refractivity contribution in [2.24, 2.45) is 11.8 Å². The predicted octanol–water partition coefficient (Wildman–Crippen LogP) is 3.24. The molecule has 4 heterocycles. The molecule has 0 saturated carbocycles. The maximum atomic E-state index is 14.3. The second-order valence-corrected chi connectivity index (χ2v) is 12.3. The minimum atomic E-state index is -0.755. The van der Waals surface area contributed by atoms with Gasteiger partial charge in [-0.2, -0.15) is 0 Å². The summed E-state index contributed by atoms with van der Waals surface area (Å²) in [6.07, 6.45) is 12.5. The van der Waals surface area contributed by atoms with Gasteiger partial charge in [0.2, 0.25) is 17.7 Å². The Hall–Kier alpha value is -2.58. The van der Waals surface area contributed by atoms with Crippen LogP contribution in [0.4, 0.5) is 0 Å². The molecule has 204 valence electrons. The Bertz CT molecular complexity index is 1090. The van der Waals surface area contributed by atoms with Crippen LogP contribution < -0.4 is 0 Å². The second-order valence-electron chi connectivity index (χ2n) is 10.8. The number of amides is 3. The fraction of sp³-hybridized carbons (Fsp3) is 0.567. The van der Waals surface area contributed by atoms with Gasteiger partial charge in [-0.3, -0.25) is 14.4 Å². The summed E-state index contributed by atoms with van der Waals surface area (Å²) in [4.78, 5) is 47.9. The average Bonchev–Trinajstić information content (AvgIpc) is 3.24. The van der Waals surface area contributed by atoms with E-state index >= 15 is 0 Å². The maximum absolute atomic E-state index is 14.3. The summed E-state index contributed by atoms with van der Waals surface area (Å²) in [5, 5.41) is 9.03. The van der Waals surface area contributed by atoms with E-state index in [9.17, 15) is 14.4 Å². The van der Waals surface area contributed by atoms with Crippen molar-refractivity contribution >= 4 is 29.5 Å². The fourth-order valence-corrected chi connectivity index (χ4v) is 8.65. The SMILES string of the molecule is CCCN1CC=C[C@@H]2S[C@]34C=CCN(Cc5ccccc5)C(=O)C3N(CCCCCCO)C(=O)[C@@H]4[C@@H]2C1=O. The van der Waals surface area contributed by atoms with Gasteiger partial charge < -0.3 is 19.8 Å². The Kier molecular flexibility index (Phi) is 8.29. The van der Waals surface area contributed by atoms with Gasteiger partial charge in [0.25, 0.3) is 0 Å². The lowest BCUT2D eigenvalue weighted by Crippen LogP contribution is -2.53. The van der Waals surface area contributed by atoms with Gasteiger partial charge in [-0.15, -0.1) is 11.8 Å². The van der Waals surface area contributed by atoms with E-state index in [0.717, 1.165) is 37.7 Å². The molecule has 7 nitrogen and oxygen atoms in total. The number of nitrogens with zero attached hydrogens (tertiary/aromatic N) is 3. The van der Waals surface area contributed by atoms with E-state index in [1.54, 1.807) is 16.7 Å². The number of rotatable bonds is 10. The van der Waals surface area contributed by atoms with Crippen molar-refractivity contribution in [1.29, 1.82) is 0 Å². The van der Waals surface area contributed by atoms with Gasteiger partial charge in [-0.1, -0.05) is 74.4 Å². The first-order valence-corrected chi connectivity index (χ1v) is 14.9. The van der Waals surface area contributed by atoms with Crippen LogP contribution in [0.5, 0.6) is 0 Å². The molecule has 1 spiro atoms. The van der Waals surface area contributed by atoms with E-state index in [1.165, 1.54) is 0 Å². The minimum absolute atomic E-state index is 0.0316. The number of aliphatic hydroxyl groups excluding tert-OH is 1. The summed E-state index contributed by atoms with van der Waals surface area (Å²) in [6.45, 7) is 4.94. The van der Waals surface area contributed by atoms with Gasteiger partial charge >= 0.3 is 0 Å². The monoisotopic (exact) mass is 537 g/mol. The van der Waals surface area contributed by atoms with E-state index in [0.29, 0.717) is 32.7 Å². The smallest absolute Gasteiger partial charge is 0.247 e. The van der Waals surface area contributed by atoms with Crippen LogP contribution in [0.3, 0.4) is 0 Å². The number of aliphatic hydroxyl groups is 1. The van der Waals surface area contributed by atoms with E-state index in [4.69, 9.17) is 5.11 Å². The third-order valence-electron chi connectivity index (χ3n) is 8.34. The standard InChI is InChI=1S/C30H39N3O4S/c1-2-16-31-17-10-14-23-24(27(31)35)25-28(36)33(19-8-3-4-9-20-34)26-29(37)32(18-11-15-30(25,26)38-23)21-22-12-6-5-7-13-22/h5-7,10-15,23-26,34H,2-4,8-9,16-21H2,1H3/t23-,24+,25-,26?,30-/m0/s1. The molecule has 2 saturated heterocycles. The van der Waals surface area contributed by atoms with Gasteiger partial charge in [0.1, 0.15) is 6.04 Å². The van der Waals surface area contributed by atoms with E-state index in [1.807, 2.05) is 46.2 Å². The molecule has 1 aromatic rings. The lowest BCUT2D eigenvalue weighted by atomic mass is 9.78. The molecule has 1 unspecified atom stereocenters. The van der Waals surface area contributed by atoms with Crippen LogP contribution in [-0.4, -0.2) is 86.4 Å². The summed E-state index contributed by atoms with van der Waals surface area (Å²) < 4.78 is -0.755. The molecule has 1 N–H and O–H groups in total. The quantitative estimate of drug-likeness (QED) is 0.366. The number of benzene rings is 1. The molecule has 0 radical (unpaired) electrons. The van der Waals surface area contributed by atoms with Crippen molar-refractivity contribution in [3.63, 3.8) is 0 Å². The molecule has 2 fully saturated rings. The molecule has 38 heavy (non-hydrogen) atoms. The van der Waals surface area contributed by atoms with Crippen LogP contribution in [0.2, 0.25) is 0 Å². The van der Waals surface area contributed by atoms with Crippen LogP contribution in [0, 0.1) is 11.8 Å². The topological polar surface area (TPSA) is 81.2 Å². The normalized spacial score (nSPS) is 30.4. The second kappa shape index (κ2) is 11.7. The molecule has 0 aliphatic carbocycles. The number of carbonyl (C=O) groups is 3. The zero-order valence-corrected chi connectivity index (χ0v) is 23.0. The number of thioether (sulfide) groups is 1. The molecule has 4 aliphatic rings. The zero-order chi connectivity index (χ0) is 26.7. The van der Waals surface area contributed by atoms with E-state index in [-0.39, 0.29) is 29.6 Å². The fourth-order valence-electron chi connectivity index (χ4n) is 6.64. The van der Waals surface area contributed by atoms with Crippen LogP contribution in [0.15, 0.2) is 54.6 Å². The van der Waals surface area contributed by atoms with Crippen LogP contribution >= 0.6 is 11.8 Å². The van der Waals surface area contributed by atoms with Crippen LogP contribution in [-0.2, 0) is 20.9 Å². The van der Waals surface area contributed by atoms with Crippen molar-refractivity contribution < 1.29 is 19.5 Å². The lowest BCUT2D eigenvalue weighted by Gasteiger charge is -2.35. The molecule has 3 amide bonds. The molecule has 1 aromatic carbocycles. The van der Waals surface area contributed by atoms with Gasteiger partial charge in [0.05, 0.1) is 16.6 Å². The summed E-state index contributed by atoms with van der Waals surface area (Å²) in [6, 6.07) is 9.33. The van der Waals surface area contributed by atoms with Gasteiger partial charge in [0, 0.05) is 44.6 Å². The van der Waals surface area contributed by atoms with Crippen molar-refractivity contribution in [2.75, 3.05) is 32.8 Å². The van der Waals surface area contributed by atoms with E-state index < -0.39 is 22.6 Å². The number of hydrogen-bond acceptors (Lipinski definition) is 5. The lowest BCUT2D eigenvalue weighted by molar-refractivity contribution is -0.144. The van der Waals surface area contributed by atoms with Crippen molar-refractivity contribution in [1.82, 2.24) is 14.7 Å². The minimum Gasteiger partial charge on any atom is -0.396 e. The van der Waals surface area contributed by atoms with Crippen molar-refractivity contribution in [3.05, 3.63) is 60.2 Å². The Morgan fingerprint density at radius 3 is 2.45 bits per heavy atom. The highest BCUT2D eigenvalue weighted by Crippen LogP contribution is 2.61. The first-order chi connectivity index (χ1) is 18.5. The highest BCUT2D eigenvalue weighted by Gasteiger charge is 2.70. The Balaban J connectivity index is 1.49. The molecular formula is C30H39N3O4S.